The number of hydrogen-bond donors (Lipinski definition) is 0. The number of carbonyl (C=O) groups is 1. The van der Waals surface area contributed by atoms with Gasteiger partial charge in [0, 0.05) is 19.5 Å². The van der Waals surface area contributed by atoms with Gasteiger partial charge in [0.1, 0.15) is 0 Å². The fraction of sp³-hybridized carbons (Fsp3) is 0.682. The molecule has 1 unspecified atom stereocenters. The van der Waals surface area contributed by atoms with Gasteiger partial charge in [-0.25, -0.2) is 0 Å². The topological polar surface area (TPSA) is 20.3 Å². The average Bonchev–Trinajstić information content (AvgIpc) is 2.61. The van der Waals surface area contributed by atoms with E-state index in [4.69, 9.17) is 0 Å². The van der Waals surface area contributed by atoms with Crippen molar-refractivity contribution < 1.29 is 4.79 Å². The Hall–Kier alpha value is -1.31. The fourth-order valence-corrected chi connectivity index (χ4v) is 3.78. The summed E-state index contributed by atoms with van der Waals surface area (Å²) in [5.74, 6) is 0.352. The molecule has 1 saturated heterocycles. The predicted molar refractivity (Wildman–Crippen MR) is 102 cm³/mol. The Morgan fingerprint density at radius 2 is 1.46 bits per heavy atom. The average molecular weight is 330 g/mol. The van der Waals surface area contributed by atoms with Gasteiger partial charge in [-0.3, -0.25) is 4.79 Å². The molecular formula is C22H35NO. The number of carbonyl (C=O) groups excluding carboxylic acids is 1. The van der Waals surface area contributed by atoms with Crippen LogP contribution in [0.4, 0.5) is 0 Å². The van der Waals surface area contributed by atoms with Crippen LogP contribution in [0.25, 0.3) is 0 Å². The van der Waals surface area contributed by atoms with Gasteiger partial charge in [0.05, 0.1) is 0 Å². The molecule has 1 aromatic carbocycles. The maximum atomic E-state index is 12.5. The van der Waals surface area contributed by atoms with Crippen molar-refractivity contribution in [1.29, 1.82) is 0 Å². The first-order valence-corrected chi connectivity index (χ1v) is 10.1. The lowest BCUT2D eigenvalue weighted by atomic mass is 9.97. The minimum absolute atomic E-state index is 0.352. The molecule has 0 saturated carbocycles. The molecule has 1 atom stereocenters. The third-order valence-electron chi connectivity index (χ3n) is 5.48. The Kier molecular flexibility index (Phi) is 8.94. The summed E-state index contributed by atoms with van der Waals surface area (Å²) in [5.41, 5.74) is 1.39. The van der Waals surface area contributed by atoms with Crippen molar-refractivity contribution in [3.05, 3.63) is 35.9 Å². The first-order valence-electron chi connectivity index (χ1n) is 10.1. The lowest BCUT2D eigenvalue weighted by molar-refractivity contribution is -0.132. The maximum Gasteiger partial charge on any atom is 0.222 e. The Labute approximate surface area is 148 Å². The highest BCUT2D eigenvalue weighted by molar-refractivity contribution is 5.76. The molecule has 1 amide bonds. The van der Waals surface area contributed by atoms with Gasteiger partial charge in [-0.05, 0) is 31.2 Å². The summed E-state index contributed by atoms with van der Waals surface area (Å²) in [6, 6.07) is 11.1. The van der Waals surface area contributed by atoms with E-state index in [2.05, 4.69) is 35.2 Å². The number of aryl methyl sites for hydroxylation is 1. The first kappa shape index (κ1) is 19.0. The number of benzene rings is 1. The molecule has 134 valence electrons. The van der Waals surface area contributed by atoms with Crippen molar-refractivity contribution in [2.24, 2.45) is 0 Å². The molecule has 1 heterocycles. The summed E-state index contributed by atoms with van der Waals surface area (Å²) in [7, 11) is 2.03. The van der Waals surface area contributed by atoms with Crippen LogP contribution < -0.4 is 0 Å². The van der Waals surface area contributed by atoms with Crippen LogP contribution in [0.1, 0.15) is 82.6 Å². The van der Waals surface area contributed by atoms with Crippen LogP contribution in [0.15, 0.2) is 30.3 Å². The third-order valence-corrected chi connectivity index (χ3v) is 5.48. The van der Waals surface area contributed by atoms with Gasteiger partial charge in [-0.2, -0.15) is 0 Å². The summed E-state index contributed by atoms with van der Waals surface area (Å²) in [6.07, 6.45) is 15.7. The second-order valence-corrected chi connectivity index (χ2v) is 7.40. The van der Waals surface area contributed by atoms with Crippen LogP contribution in [0, 0.1) is 0 Å². The number of nitrogens with zero attached hydrogens (tertiary/aromatic N) is 1. The van der Waals surface area contributed by atoms with Gasteiger partial charge < -0.3 is 4.90 Å². The van der Waals surface area contributed by atoms with Crippen molar-refractivity contribution >= 4 is 5.91 Å². The molecule has 0 aromatic heterocycles. The highest BCUT2D eigenvalue weighted by atomic mass is 16.2. The number of hydrogen-bond acceptors (Lipinski definition) is 1. The number of amides is 1. The minimum atomic E-state index is 0.352. The lowest BCUT2D eigenvalue weighted by Crippen LogP contribution is -2.37. The van der Waals surface area contributed by atoms with E-state index in [0.717, 1.165) is 32.1 Å². The summed E-state index contributed by atoms with van der Waals surface area (Å²) in [5, 5.41) is 0. The van der Waals surface area contributed by atoms with E-state index in [1.54, 1.807) is 0 Å². The van der Waals surface area contributed by atoms with Gasteiger partial charge in [0.15, 0.2) is 0 Å². The number of rotatable bonds is 3. The fourth-order valence-electron chi connectivity index (χ4n) is 3.78. The molecular weight excluding hydrogens is 294 g/mol. The molecule has 2 nitrogen and oxygen atoms in total. The summed E-state index contributed by atoms with van der Waals surface area (Å²) < 4.78 is 0. The molecule has 0 N–H and O–H groups in total. The van der Waals surface area contributed by atoms with Crippen LogP contribution in [0.5, 0.6) is 0 Å². The quantitative estimate of drug-likeness (QED) is 0.691. The zero-order chi connectivity index (χ0) is 17.0. The Bertz CT molecular complexity index is 456. The van der Waals surface area contributed by atoms with Gasteiger partial charge in [0.25, 0.3) is 0 Å². The van der Waals surface area contributed by atoms with Gasteiger partial charge >= 0.3 is 0 Å². The second-order valence-electron chi connectivity index (χ2n) is 7.40. The largest absolute Gasteiger partial charge is 0.343 e. The second kappa shape index (κ2) is 11.3. The smallest absolute Gasteiger partial charge is 0.222 e. The Balaban J connectivity index is 1.90. The van der Waals surface area contributed by atoms with Crippen molar-refractivity contribution in [3.63, 3.8) is 0 Å². The highest BCUT2D eigenvalue weighted by Crippen LogP contribution is 2.19. The van der Waals surface area contributed by atoms with E-state index < -0.39 is 0 Å². The monoisotopic (exact) mass is 329 g/mol. The van der Waals surface area contributed by atoms with Gasteiger partial charge in [0.2, 0.25) is 5.91 Å². The Morgan fingerprint density at radius 1 is 0.875 bits per heavy atom. The standard InChI is InChI=1S/C22H35NO/c1-23-21(19-18-20-14-10-9-11-15-20)16-12-7-5-3-2-4-6-8-13-17-22(23)24/h9-11,14-15,21H,2-8,12-13,16-19H2,1H3. The molecule has 2 rings (SSSR count). The summed E-state index contributed by atoms with van der Waals surface area (Å²) >= 11 is 0. The van der Waals surface area contributed by atoms with E-state index in [0.29, 0.717) is 11.9 Å². The van der Waals surface area contributed by atoms with Crippen molar-refractivity contribution in [3.8, 4) is 0 Å². The van der Waals surface area contributed by atoms with Crippen molar-refractivity contribution in [2.75, 3.05) is 7.05 Å². The van der Waals surface area contributed by atoms with Crippen LogP contribution in [0.2, 0.25) is 0 Å². The predicted octanol–water partition coefficient (Wildman–Crippen LogP) is 5.75. The normalized spacial score (nSPS) is 22.1. The molecule has 0 spiro atoms. The molecule has 0 radical (unpaired) electrons. The van der Waals surface area contributed by atoms with Crippen molar-refractivity contribution in [1.82, 2.24) is 4.90 Å². The Morgan fingerprint density at radius 3 is 2.12 bits per heavy atom. The lowest BCUT2D eigenvalue weighted by Gasteiger charge is -2.29. The maximum absolute atomic E-state index is 12.5. The molecule has 1 fully saturated rings. The van der Waals surface area contributed by atoms with Gasteiger partial charge in [-0.15, -0.1) is 0 Å². The summed E-state index contributed by atoms with van der Waals surface area (Å²) in [6.45, 7) is 0. The molecule has 1 aromatic rings. The van der Waals surface area contributed by atoms with E-state index in [1.165, 1.54) is 56.9 Å². The molecule has 1 aliphatic heterocycles. The zero-order valence-corrected chi connectivity index (χ0v) is 15.5. The van der Waals surface area contributed by atoms with Crippen LogP contribution in [0.3, 0.4) is 0 Å². The van der Waals surface area contributed by atoms with E-state index in [1.807, 2.05) is 7.05 Å². The zero-order valence-electron chi connectivity index (χ0n) is 15.5. The van der Waals surface area contributed by atoms with E-state index in [9.17, 15) is 4.79 Å². The van der Waals surface area contributed by atoms with Crippen LogP contribution in [-0.2, 0) is 11.2 Å². The molecule has 0 bridgehead atoms. The van der Waals surface area contributed by atoms with Crippen LogP contribution in [-0.4, -0.2) is 23.9 Å². The molecule has 1 aliphatic rings. The third kappa shape index (κ3) is 7.07. The molecule has 0 aliphatic carbocycles. The summed E-state index contributed by atoms with van der Waals surface area (Å²) in [4.78, 5) is 14.6. The first-order chi connectivity index (χ1) is 11.8. The minimum Gasteiger partial charge on any atom is -0.343 e. The van der Waals surface area contributed by atoms with E-state index >= 15 is 0 Å². The molecule has 2 heteroatoms. The van der Waals surface area contributed by atoms with Gasteiger partial charge in [-0.1, -0.05) is 81.7 Å². The van der Waals surface area contributed by atoms with Crippen LogP contribution >= 0.6 is 0 Å². The SMILES string of the molecule is CN1C(=O)CCCCCCCCCCCC1CCc1ccccc1. The highest BCUT2D eigenvalue weighted by Gasteiger charge is 2.19. The van der Waals surface area contributed by atoms with Crippen molar-refractivity contribution in [2.45, 2.75) is 89.5 Å². The molecule has 24 heavy (non-hydrogen) atoms. The van der Waals surface area contributed by atoms with E-state index in [-0.39, 0.29) is 0 Å².